The lowest BCUT2D eigenvalue weighted by molar-refractivity contribution is -0.162. The van der Waals surface area contributed by atoms with Crippen molar-refractivity contribution in [2.24, 2.45) is 7.05 Å². The lowest BCUT2D eigenvalue weighted by Gasteiger charge is -2.19. The van der Waals surface area contributed by atoms with Gasteiger partial charge in [-0.2, -0.15) is 10.2 Å². The Labute approximate surface area is 178 Å². The number of para-hydroxylation sites is 1. The number of aromatic nitrogens is 4. The molecule has 0 radical (unpaired) electrons. The average molecular weight is 425 g/mol. The van der Waals surface area contributed by atoms with Crippen LogP contribution in [0.4, 0.5) is 0 Å². The summed E-state index contributed by atoms with van der Waals surface area (Å²) in [6, 6.07) is 15.4. The number of nitrogens with zero attached hydrogens (tertiary/aromatic N) is 4. The van der Waals surface area contributed by atoms with Crippen LogP contribution in [-0.4, -0.2) is 36.2 Å². The minimum Gasteiger partial charge on any atom is -0.479 e. The molecule has 4 aromatic rings. The summed E-state index contributed by atoms with van der Waals surface area (Å²) in [5.41, 5.74) is 2.75. The van der Waals surface area contributed by atoms with Gasteiger partial charge in [-0.25, -0.2) is 9.48 Å². The summed E-state index contributed by atoms with van der Waals surface area (Å²) in [5, 5.41) is 19.9. The van der Waals surface area contributed by atoms with Gasteiger partial charge in [-0.05, 0) is 38.1 Å². The van der Waals surface area contributed by atoms with E-state index in [4.69, 9.17) is 16.3 Å². The molecule has 0 saturated heterocycles. The summed E-state index contributed by atoms with van der Waals surface area (Å²) in [7, 11) is 1.89. The lowest BCUT2D eigenvalue weighted by Crippen LogP contribution is -2.34. The zero-order valence-electron chi connectivity index (χ0n) is 16.8. The topological polar surface area (TPSA) is 82.2 Å². The Hall–Kier alpha value is -3.16. The molecule has 154 valence electrons. The average Bonchev–Trinajstić information content (AvgIpc) is 3.30. The van der Waals surface area contributed by atoms with Crippen molar-refractivity contribution >= 4 is 28.5 Å². The Bertz CT molecular complexity index is 1240. The highest BCUT2D eigenvalue weighted by Crippen LogP contribution is 2.30. The molecule has 4 rings (SSSR count). The first kappa shape index (κ1) is 20.1. The Balaban J connectivity index is 1.81. The van der Waals surface area contributed by atoms with E-state index in [1.54, 1.807) is 10.7 Å². The fourth-order valence-electron chi connectivity index (χ4n) is 3.13. The Kier molecular flexibility index (Phi) is 5.09. The van der Waals surface area contributed by atoms with Crippen molar-refractivity contribution in [2.45, 2.75) is 26.1 Å². The van der Waals surface area contributed by atoms with Crippen LogP contribution in [0.3, 0.4) is 0 Å². The van der Waals surface area contributed by atoms with E-state index in [1.165, 1.54) is 13.8 Å². The summed E-state index contributed by atoms with van der Waals surface area (Å²) in [5.74, 6) is -1.03. The van der Waals surface area contributed by atoms with E-state index >= 15 is 0 Å². The predicted molar refractivity (Wildman–Crippen MR) is 115 cm³/mol. The molecule has 0 bridgehead atoms. The molecular formula is C22H21ClN4O3. The van der Waals surface area contributed by atoms with E-state index in [1.807, 2.05) is 60.4 Å². The van der Waals surface area contributed by atoms with Gasteiger partial charge >= 0.3 is 5.97 Å². The van der Waals surface area contributed by atoms with Gasteiger partial charge in [0.1, 0.15) is 0 Å². The number of benzene rings is 2. The molecule has 2 heterocycles. The summed E-state index contributed by atoms with van der Waals surface area (Å²) >= 11 is 6.44. The van der Waals surface area contributed by atoms with Crippen LogP contribution in [0, 0.1) is 0 Å². The first-order chi connectivity index (χ1) is 14.3. The first-order valence-corrected chi connectivity index (χ1v) is 9.77. The maximum absolute atomic E-state index is 11.4. The van der Waals surface area contributed by atoms with Crippen molar-refractivity contribution in [1.29, 1.82) is 0 Å². The second-order valence-corrected chi connectivity index (χ2v) is 7.94. The largest absolute Gasteiger partial charge is 0.479 e. The molecule has 0 unspecified atom stereocenters. The fraction of sp³-hybridized carbons (Fsp3) is 0.227. The quantitative estimate of drug-likeness (QED) is 0.494. The number of carboxylic acids is 1. The van der Waals surface area contributed by atoms with Crippen LogP contribution in [0.1, 0.15) is 19.5 Å². The molecule has 2 aromatic heterocycles. The highest BCUT2D eigenvalue weighted by atomic mass is 35.5. The molecule has 0 fully saturated rings. The molecule has 0 aliphatic carbocycles. The summed E-state index contributed by atoms with van der Waals surface area (Å²) in [4.78, 5) is 11.4. The SMILES string of the molecule is Cn1ncc2ccc(-c3cc(COC(C)(C)C(=O)O)nn3-c3ccccc3Cl)cc21. The molecule has 2 aromatic carbocycles. The van der Waals surface area contributed by atoms with Crippen molar-refractivity contribution < 1.29 is 14.6 Å². The highest BCUT2D eigenvalue weighted by Gasteiger charge is 2.28. The van der Waals surface area contributed by atoms with Crippen molar-refractivity contribution in [3.63, 3.8) is 0 Å². The number of carboxylic acid groups (broad SMARTS) is 1. The highest BCUT2D eigenvalue weighted by molar-refractivity contribution is 6.32. The van der Waals surface area contributed by atoms with Crippen LogP contribution in [0.2, 0.25) is 5.02 Å². The Morgan fingerprint density at radius 1 is 1.20 bits per heavy atom. The molecule has 0 saturated carbocycles. The smallest absolute Gasteiger partial charge is 0.335 e. The van der Waals surface area contributed by atoms with Crippen LogP contribution in [0.25, 0.3) is 27.8 Å². The van der Waals surface area contributed by atoms with Crippen LogP contribution < -0.4 is 0 Å². The number of aliphatic carboxylic acids is 1. The second-order valence-electron chi connectivity index (χ2n) is 7.53. The van der Waals surface area contributed by atoms with E-state index < -0.39 is 11.6 Å². The molecule has 1 N–H and O–H groups in total. The zero-order valence-corrected chi connectivity index (χ0v) is 17.6. The normalized spacial score (nSPS) is 11.9. The van der Waals surface area contributed by atoms with E-state index in [9.17, 15) is 9.90 Å². The van der Waals surface area contributed by atoms with Crippen LogP contribution >= 0.6 is 11.6 Å². The van der Waals surface area contributed by atoms with Gasteiger partial charge in [-0.1, -0.05) is 35.9 Å². The molecule has 0 spiro atoms. The predicted octanol–water partition coefficient (Wildman–Crippen LogP) is 4.46. The number of hydrogen-bond donors (Lipinski definition) is 1. The summed E-state index contributed by atoms with van der Waals surface area (Å²) in [6.45, 7) is 3.08. The van der Waals surface area contributed by atoms with Crippen LogP contribution in [0.15, 0.2) is 54.7 Å². The van der Waals surface area contributed by atoms with Gasteiger partial charge in [-0.15, -0.1) is 0 Å². The van der Waals surface area contributed by atoms with Crippen molar-refractivity contribution in [3.8, 4) is 16.9 Å². The first-order valence-electron chi connectivity index (χ1n) is 9.39. The van der Waals surface area contributed by atoms with E-state index in [2.05, 4.69) is 10.2 Å². The van der Waals surface area contributed by atoms with E-state index in [0.29, 0.717) is 10.7 Å². The lowest BCUT2D eigenvalue weighted by atomic mass is 10.1. The molecule has 7 nitrogen and oxygen atoms in total. The van der Waals surface area contributed by atoms with Gasteiger partial charge in [0.05, 0.1) is 40.4 Å². The van der Waals surface area contributed by atoms with Crippen molar-refractivity contribution in [1.82, 2.24) is 19.6 Å². The third kappa shape index (κ3) is 3.69. The van der Waals surface area contributed by atoms with E-state index in [0.717, 1.165) is 27.8 Å². The minimum absolute atomic E-state index is 0.0533. The number of carbonyl (C=O) groups is 1. The molecule has 0 atom stereocenters. The van der Waals surface area contributed by atoms with Gasteiger partial charge in [0.25, 0.3) is 0 Å². The van der Waals surface area contributed by atoms with Gasteiger partial charge < -0.3 is 9.84 Å². The van der Waals surface area contributed by atoms with Gasteiger partial charge in [0, 0.05) is 18.0 Å². The standard InChI is InChI=1S/C22H21ClN4O3/c1-22(2,21(28)29)30-13-16-11-20(27(25-16)18-7-5-4-6-17(18)23)14-8-9-15-12-24-26(3)19(15)10-14/h4-12H,13H2,1-3H3,(H,28,29). The Morgan fingerprint density at radius 3 is 2.70 bits per heavy atom. The molecular weight excluding hydrogens is 404 g/mol. The minimum atomic E-state index is -1.32. The third-order valence-electron chi connectivity index (χ3n) is 4.98. The number of hydrogen-bond acceptors (Lipinski definition) is 4. The third-order valence-corrected chi connectivity index (χ3v) is 5.30. The number of aryl methyl sites for hydroxylation is 1. The maximum atomic E-state index is 11.4. The number of ether oxygens (including phenoxy) is 1. The number of fused-ring (bicyclic) bond motifs is 1. The molecule has 0 aliphatic heterocycles. The van der Waals surface area contributed by atoms with Crippen molar-refractivity contribution in [3.05, 3.63) is 65.4 Å². The molecule has 30 heavy (non-hydrogen) atoms. The number of rotatable bonds is 6. The van der Waals surface area contributed by atoms with Gasteiger partial charge in [-0.3, -0.25) is 4.68 Å². The molecule has 8 heteroatoms. The van der Waals surface area contributed by atoms with Crippen LogP contribution in [-0.2, 0) is 23.2 Å². The summed E-state index contributed by atoms with van der Waals surface area (Å²) < 4.78 is 9.17. The molecule has 0 amide bonds. The fourth-order valence-corrected chi connectivity index (χ4v) is 3.35. The monoisotopic (exact) mass is 424 g/mol. The molecule has 0 aliphatic rings. The summed E-state index contributed by atoms with van der Waals surface area (Å²) in [6.07, 6.45) is 1.82. The van der Waals surface area contributed by atoms with Crippen LogP contribution in [0.5, 0.6) is 0 Å². The maximum Gasteiger partial charge on any atom is 0.335 e. The van der Waals surface area contributed by atoms with Gasteiger partial charge in [0.15, 0.2) is 5.60 Å². The second kappa shape index (κ2) is 7.59. The van der Waals surface area contributed by atoms with Gasteiger partial charge in [0.2, 0.25) is 0 Å². The number of halogens is 1. The van der Waals surface area contributed by atoms with E-state index in [-0.39, 0.29) is 6.61 Å². The van der Waals surface area contributed by atoms with Crippen molar-refractivity contribution in [2.75, 3.05) is 0 Å². The zero-order chi connectivity index (χ0) is 21.5. The Morgan fingerprint density at radius 2 is 1.97 bits per heavy atom.